The average molecular weight is 358 g/mol. The van der Waals surface area contributed by atoms with Gasteiger partial charge >= 0.3 is 0 Å². The van der Waals surface area contributed by atoms with Gasteiger partial charge in [0.25, 0.3) is 0 Å². The van der Waals surface area contributed by atoms with Crippen molar-refractivity contribution in [3.05, 3.63) is 36.3 Å². The van der Waals surface area contributed by atoms with Gasteiger partial charge in [-0.3, -0.25) is 14.6 Å². The van der Waals surface area contributed by atoms with Crippen molar-refractivity contribution in [2.75, 3.05) is 26.2 Å². The number of hydrogen-bond acceptors (Lipinski definition) is 5. The molecule has 6 nitrogen and oxygen atoms in total. The molecule has 1 aliphatic rings. The molecule has 26 heavy (non-hydrogen) atoms. The molecule has 2 atom stereocenters. The van der Waals surface area contributed by atoms with Gasteiger partial charge in [0, 0.05) is 56.4 Å². The monoisotopic (exact) mass is 357 g/mol. The lowest BCUT2D eigenvalue weighted by molar-refractivity contribution is -0.0681. The second-order valence-electron chi connectivity index (χ2n) is 7.31. The summed E-state index contributed by atoms with van der Waals surface area (Å²) >= 11 is 0. The first-order valence-corrected chi connectivity index (χ1v) is 9.63. The zero-order chi connectivity index (χ0) is 18.4. The molecule has 0 radical (unpaired) electrons. The van der Waals surface area contributed by atoms with E-state index in [4.69, 9.17) is 4.74 Å². The zero-order valence-electron chi connectivity index (χ0n) is 16.2. The van der Waals surface area contributed by atoms with Gasteiger partial charge in [-0.2, -0.15) is 5.10 Å². The number of pyridine rings is 1. The van der Waals surface area contributed by atoms with Crippen molar-refractivity contribution in [1.82, 2.24) is 25.0 Å². The summed E-state index contributed by atoms with van der Waals surface area (Å²) in [5.74, 6) is 0. The highest BCUT2D eigenvalue weighted by Gasteiger charge is 2.21. The standard InChI is InChI=1S/C20H31N5O/c1-16-13-25(14-17(2)26-16)11-5-4-8-22-12-19-15-24(3)23-20(19)18-6-9-21-10-7-18/h6-7,9-10,15-17,22H,4-5,8,11-14H2,1-3H3. The van der Waals surface area contributed by atoms with Gasteiger partial charge in [0.1, 0.15) is 0 Å². The molecule has 0 bridgehead atoms. The van der Waals surface area contributed by atoms with Crippen LogP contribution >= 0.6 is 0 Å². The molecule has 1 saturated heterocycles. The van der Waals surface area contributed by atoms with Crippen molar-refractivity contribution in [2.45, 2.75) is 45.4 Å². The van der Waals surface area contributed by atoms with E-state index in [0.717, 1.165) is 44.0 Å². The third-order valence-corrected chi connectivity index (χ3v) is 4.75. The Bertz CT molecular complexity index is 662. The Morgan fingerprint density at radius 1 is 1.15 bits per heavy atom. The summed E-state index contributed by atoms with van der Waals surface area (Å²) < 4.78 is 7.68. The molecule has 0 aromatic carbocycles. The molecule has 142 valence electrons. The SMILES string of the molecule is CC1CN(CCCCNCc2cn(C)nc2-c2ccncc2)CC(C)O1. The molecule has 2 aromatic rings. The molecule has 1 aliphatic heterocycles. The Kier molecular flexibility index (Phi) is 6.77. The lowest BCUT2D eigenvalue weighted by Gasteiger charge is -2.35. The third kappa shape index (κ3) is 5.37. The largest absolute Gasteiger partial charge is 0.373 e. The second-order valence-corrected chi connectivity index (χ2v) is 7.31. The number of nitrogens with zero attached hydrogens (tertiary/aromatic N) is 4. The lowest BCUT2D eigenvalue weighted by atomic mass is 10.1. The molecule has 0 saturated carbocycles. The van der Waals surface area contributed by atoms with Gasteiger partial charge < -0.3 is 10.1 Å². The highest BCUT2D eigenvalue weighted by atomic mass is 16.5. The number of ether oxygens (including phenoxy) is 1. The van der Waals surface area contributed by atoms with E-state index in [0.29, 0.717) is 12.2 Å². The summed E-state index contributed by atoms with van der Waals surface area (Å²) in [6.07, 6.45) is 8.84. The molecule has 0 amide bonds. The van der Waals surface area contributed by atoms with E-state index in [1.807, 2.05) is 36.3 Å². The van der Waals surface area contributed by atoms with Crippen molar-refractivity contribution < 1.29 is 4.74 Å². The van der Waals surface area contributed by atoms with Crippen molar-refractivity contribution in [2.24, 2.45) is 7.05 Å². The van der Waals surface area contributed by atoms with E-state index >= 15 is 0 Å². The van der Waals surface area contributed by atoms with E-state index in [1.54, 1.807) is 0 Å². The zero-order valence-corrected chi connectivity index (χ0v) is 16.2. The molecule has 1 fully saturated rings. The molecule has 2 unspecified atom stereocenters. The molecular weight excluding hydrogens is 326 g/mol. The minimum atomic E-state index is 0.356. The maximum atomic E-state index is 5.79. The Morgan fingerprint density at radius 2 is 1.88 bits per heavy atom. The highest BCUT2D eigenvalue weighted by molar-refractivity contribution is 5.61. The first-order valence-electron chi connectivity index (χ1n) is 9.63. The molecule has 0 spiro atoms. The quantitative estimate of drug-likeness (QED) is 0.736. The van der Waals surface area contributed by atoms with Crippen LogP contribution in [0.2, 0.25) is 0 Å². The Hall–Kier alpha value is -1.76. The molecule has 0 aliphatic carbocycles. The molecule has 3 rings (SSSR count). The van der Waals surface area contributed by atoms with Crippen LogP contribution in [0, 0.1) is 0 Å². The Labute approximate surface area is 156 Å². The van der Waals surface area contributed by atoms with Crippen molar-refractivity contribution in [3.63, 3.8) is 0 Å². The number of nitrogens with one attached hydrogen (secondary N) is 1. The van der Waals surface area contributed by atoms with E-state index in [2.05, 4.69) is 40.3 Å². The summed E-state index contributed by atoms with van der Waals surface area (Å²) in [7, 11) is 1.97. The Morgan fingerprint density at radius 3 is 2.62 bits per heavy atom. The van der Waals surface area contributed by atoms with Gasteiger partial charge in [-0.1, -0.05) is 0 Å². The van der Waals surface area contributed by atoms with Crippen LogP contribution in [0.25, 0.3) is 11.3 Å². The number of morpholine rings is 1. The number of unbranched alkanes of at least 4 members (excludes halogenated alkanes) is 1. The van der Waals surface area contributed by atoms with Crippen LogP contribution in [-0.4, -0.2) is 58.1 Å². The molecule has 1 N–H and O–H groups in total. The number of hydrogen-bond donors (Lipinski definition) is 1. The fourth-order valence-corrected chi connectivity index (χ4v) is 3.70. The third-order valence-electron chi connectivity index (χ3n) is 4.75. The summed E-state index contributed by atoms with van der Waals surface area (Å²) in [5, 5.41) is 8.17. The van der Waals surface area contributed by atoms with Crippen LogP contribution in [0.1, 0.15) is 32.3 Å². The van der Waals surface area contributed by atoms with Crippen LogP contribution < -0.4 is 5.32 Å². The van der Waals surface area contributed by atoms with Gasteiger partial charge in [-0.05, 0) is 51.9 Å². The molecular formula is C20H31N5O. The van der Waals surface area contributed by atoms with Gasteiger partial charge in [0.15, 0.2) is 0 Å². The molecule has 3 heterocycles. The normalized spacial score (nSPS) is 21.2. The maximum absolute atomic E-state index is 5.79. The fourth-order valence-electron chi connectivity index (χ4n) is 3.70. The topological polar surface area (TPSA) is 55.2 Å². The van der Waals surface area contributed by atoms with E-state index in [1.165, 1.54) is 18.4 Å². The molecule has 2 aromatic heterocycles. The van der Waals surface area contributed by atoms with E-state index in [-0.39, 0.29) is 0 Å². The predicted molar refractivity (Wildman–Crippen MR) is 104 cm³/mol. The van der Waals surface area contributed by atoms with Crippen molar-refractivity contribution >= 4 is 0 Å². The summed E-state index contributed by atoms with van der Waals surface area (Å²) in [6.45, 7) is 9.48. The number of rotatable bonds is 8. The minimum Gasteiger partial charge on any atom is -0.373 e. The minimum absolute atomic E-state index is 0.356. The van der Waals surface area contributed by atoms with Gasteiger partial charge in [-0.15, -0.1) is 0 Å². The number of aryl methyl sites for hydroxylation is 1. The lowest BCUT2D eigenvalue weighted by Crippen LogP contribution is -2.45. The first kappa shape index (κ1) is 19.0. The van der Waals surface area contributed by atoms with E-state index < -0.39 is 0 Å². The number of aromatic nitrogens is 3. The van der Waals surface area contributed by atoms with Crippen LogP contribution in [0.3, 0.4) is 0 Å². The Balaban J connectivity index is 1.39. The summed E-state index contributed by atoms with van der Waals surface area (Å²) in [4.78, 5) is 6.62. The smallest absolute Gasteiger partial charge is 0.0969 e. The van der Waals surface area contributed by atoms with Crippen LogP contribution in [0.5, 0.6) is 0 Å². The summed E-state index contributed by atoms with van der Waals surface area (Å²) in [5.41, 5.74) is 3.39. The maximum Gasteiger partial charge on any atom is 0.0969 e. The molecule has 6 heteroatoms. The first-order chi connectivity index (χ1) is 12.6. The van der Waals surface area contributed by atoms with Crippen LogP contribution in [-0.2, 0) is 18.3 Å². The predicted octanol–water partition coefficient (Wildman–Crippen LogP) is 2.46. The summed E-state index contributed by atoms with van der Waals surface area (Å²) in [6, 6.07) is 4.02. The van der Waals surface area contributed by atoms with Crippen LogP contribution in [0.15, 0.2) is 30.7 Å². The fraction of sp³-hybridized carbons (Fsp3) is 0.600. The van der Waals surface area contributed by atoms with Gasteiger partial charge in [0.05, 0.1) is 17.9 Å². The highest BCUT2D eigenvalue weighted by Crippen LogP contribution is 2.20. The van der Waals surface area contributed by atoms with Crippen LogP contribution in [0.4, 0.5) is 0 Å². The van der Waals surface area contributed by atoms with E-state index in [9.17, 15) is 0 Å². The average Bonchev–Trinajstić information content (AvgIpc) is 2.98. The van der Waals surface area contributed by atoms with Crippen molar-refractivity contribution in [1.29, 1.82) is 0 Å². The second kappa shape index (κ2) is 9.26. The van der Waals surface area contributed by atoms with Gasteiger partial charge in [0.2, 0.25) is 0 Å². The van der Waals surface area contributed by atoms with Gasteiger partial charge in [-0.25, -0.2) is 0 Å². The van der Waals surface area contributed by atoms with Crippen molar-refractivity contribution in [3.8, 4) is 11.3 Å².